The molecule has 1 aliphatic rings. The van der Waals surface area contributed by atoms with Gasteiger partial charge in [-0.05, 0) is 81.1 Å². The number of amides is 1. The first-order valence-corrected chi connectivity index (χ1v) is 12.5. The van der Waals surface area contributed by atoms with Crippen LogP contribution in [0.25, 0.3) is 0 Å². The van der Waals surface area contributed by atoms with Crippen LogP contribution in [0.5, 0.6) is 0 Å². The number of unbranched alkanes of at least 4 members (excludes halogenated alkanes) is 1. The molecule has 0 aliphatic carbocycles. The lowest BCUT2D eigenvalue weighted by molar-refractivity contribution is 0.0910. The van der Waals surface area contributed by atoms with Crippen molar-refractivity contribution in [2.45, 2.75) is 57.4 Å². The molecular weight excluding hydrogens is 410 g/mol. The summed E-state index contributed by atoms with van der Waals surface area (Å²) in [5, 5.41) is 3.09. The number of hydrogen-bond donors (Lipinski definition) is 2. The van der Waals surface area contributed by atoms with E-state index in [4.69, 9.17) is 0 Å². The zero-order valence-corrected chi connectivity index (χ0v) is 19.5. The number of sulfonamides is 1. The van der Waals surface area contributed by atoms with E-state index in [1.165, 1.54) is 25.0 Å². The number of piperidine rings is 1. The van der Waals surface area contributed by atoms with E-state index < -0.39 is 10.0 Å². The van der Waals surface area contributed by atoms with Crippen molar-refractivity contribution in [3.05, 3.63) is 59.2 Å². The van der Waals surface area contributed by atoms with Gasteiger partial charge in [-0.25, -0.2) is 8.42 Å². The third-order valence-electron chi connectivity index (χ3n) is 6.03. The highest BCUT2D eigenvalue weighted by Crippen LogP contribution is 2.22. The molecule has 3 rings (SSSR count). The van der Waals surface area contributed by atoms with Crippen molar-refractivity contribution in [3.8, 4) is 0 Å². The SMILES string of the molecule is CCCCN1CCC(NC(=O)c2ccc(S(=O)(=O)Nc3cccc(C)c3C)cc2)CC1. The number of carbonyl (C=O) groups is 1. The third kappa shape index (κ3) is 6.08. The van der Waals surface area contributed by atoms with E-state index in [1.807, 2.05) is 26.0 Å². The summed E-state index contributed by atoms with van der Waals surface area (Å²) in [6.07, 6.45) is 4.30. The third-order valence-corrected chi connectivity index (χ3v) is 7.41. The van der Waals surface area contributed by atoms with Gasteiger partial charge in [-0.15, -0.1) is 0 Å². The lowest BCUT2D eigenvalue weighted by atomic mass is 10.0. The normalized spacial score (nSPS) is 15.6. The Bertz CT molecular complexity index is 995. The van der Waals surface area contributed by atoms with Crippen molar-refractivity contribution in [1.29, 1.82) is 0 Å². The Balaban J connectivity index is 1.59. The number of nitrogens with zero attached hydrogens (tertiary/aromatic N) is 1. The summed E-state index contributed by atoms with van der Waals surface area (Å²) in [4.78, 5) is 15.2. The summed E-state index contributed by atoms with van der Waals surface area (Å²) in [7, 11) is -3.72. The number of anilines is 1. The summed E-state index contributed by atoms with van der Waals surface area (Å²) in [6, 6.07) is 11.8. The first-order chi connectivity index (χ1) is 14.8. The molecule has 0 unspecified atom stereocenters. The van der Waals surface area contributed by atoms with E-state index in [-0.39, 0.29) is 16.8 Å². The minimum atomic E-state index is -3.72. The van der Waals surface area contributed by atoms with Gasteiger partial charge in [0, 0.05) is 24.7 Å². The van der Waals surface area contributed by atoms with Gasteiger partial charge in [0.15, 0.2) is 0 Å². The van der Waals surface area contributed by atoms with E-state index in [1.54, 1.807) is 18.2 Å². The smallest absolute Gasteiger partial charge is 0.261 e. The Morgan fingerprint density at radius 3 is 2.39 bits per heavy atom. The zero-order chi connectivity index (χ0) is 22.4. The van der Waals surface area contributed by atoms with Crippen molar-refractivity contribution < 1.29 is 13.2 Å². The molecule has 6 nitrogen and oxygen atoms in total. The van der Waals surface area contributed by atoms with E-state index >= 15 is 0 Å². The van der Waals surface area contributed by atoms with Gasteiger partial charge >= 0.3 is 0 Å². The number of aryl methyl sites for hydroxylation is 1. The first kappa shape index (κ1) is 23.3. The second kappa shape index (κ2) is 10.3. The quantitative estimate of drug-likeness (QED) is 0.644. The van der Waals surface area contributed by atoms with Crippen molar-refractivity contribution >= 4 is 21.6 Å². The number of hydrogen-bond acceptors (Lipinski definition) is 4. The van der Waals surface area contributed by atoms with Gasteiger partial charge in [-0.1, -0.05) is 25.5 Å². The van der Waals surface area contributed by atoms with Crippen LogP contribution in [0, 0.1) is 13.8 Å². The Labute approximate surface area is 186 Å². The summed E-state index contributed by atoms with van der Waals surface area (Å²) in [6.45, 7) is 9.16. The van der Waals surface area contributed by atoms with Crippen molar-refractivity contribution in [2.75, 3.05) is 24.4 Å². The Kier molecular flexibility index (Phi) is 7.73. The van der Waals surface area contributed by atoms with Gasteiger partial charge in [-0.3, -0.25) is 9.52 Å². The van der Waals surface area contributed by atoms with Crippen LogP contribution in [-0.2, 0) is 10.0 Å². The van der Waals surface area contributed by atoms with Crippen LogP contribution in [0.3, 0.4) is 0 Å². The monoisotopic (exact) mass is 443 g/mol. The second-order valence-electron chi connectivity index (χ2n) is 8.32. The molecule has 31 heavy (non-hydrogen) atoms. The van der Waals surface area contributed by atoms with E-state index in [0.717, 1.165) is 43.6 Å². The van der Waals surface area contributed by atoms with Crippen molar-refractivity contribution in [3.63, 3.8) is 0 Å². The molecule has 1 fully saturated rings. The van der Waals surface area contributed by atoms with Crippen LogP contribution < -0.4 is 10.0 Å². The molecule has 168 valence electrons. The summed E-state index contributed by atoms with van der Waals surface area (Å²) in [5.41, 5.74) is 2.94. The molecule has 2 N–H and O–H groups in total. The van der Waals surface area contributed by atoms with E-state index in [2.05, 4.69) is 21.9 Å². The van der Waals surface area contributed by atoms with Gasteiger partial charge in [0.2, 0.25) is 0 Å². The predicted octanol–water partition coefficient (Wildman–Crippen LogP) is 4.10. The van der Waals surface area contributed by atoms with Gasteiger partial charge in [0.1, 0.15) is 0 Å². The second-order valence-corrected chi connectivity index (χ2v) is 10.0. The molecule has 0 aromatic heterocycles. The number of carbonyl (C=O) groups excluding carboxylic acids is 1. The maximum atomic E-state index is 12.8. The molecule has 0 bridgehead atoms. The molecule has 2 aromatic rings. The maximum absolute atomic E-state index is 12.8. The molecule has 7 heteroatoms. The number of likely N-dealkylation sites (tertiary alicyclic amines) is 1. The van der Waals surface area contributed by atoms with E-state index in [0.29, 0.717) is 11.3 Å². The summed E-state index contributed by atoms with van der Waals surface area (Å²) < 4.78 is 28.1. The molecule has 1 heterocycles. The molecular formula is C24H33N3O3S. The fourth-order valence-electron chi connectivity index (χ4n) is 3.80. The van der Waals surface area contributed by atoms with Crippen molar-refractivity contribution in [2.24, 2.45) is 0 Å². The molecule has 1 amide bonds. The number of nitrogens with one attached hydrogen (secondary N) is 2. The molecule has 2 aromatic carbocycles. The van der Waals surface area contributed by atoms with Crippen LogP contribution >= 0.6 is 0 Å². The van der Waals surface area contributed by atoms with Crippen LogP contribution in [0.15, 0.2) is 47.4 Å². The van der Waals surface area contributed by atoms with Gasteiger partial charge < -0.3 is 10.2 Å². The van der Waals surface area contributed by atoms with Crippen molar-refractivity contribution in [1.82, 2.24) is 10.2 Å². The minimum Gasteiger partial charge on any atom is -0.349 e. The summed E-state index contributed by atoms with van der Waals surface area (Å²) >= 11 is 0. The fourth-order valence-corrected chi connectivity index (χ4v) is 4.93. The highest BCUT2D eigenvalue weighted by Gasteiger charge is 2.21. The minimum absolute atomic E-state index is 0.134. The molecule has 1 saturated heterocycles. The Morgan fingerprint density at radius 2 is 1.74 bits per heavy atom. The highest BCUT2D eigenvalue weighted by molar-refractivity contribution is 7.92. The fraction of sp³-hybridized carbons (Fsp3) is 0.458. The molecule has 0 spiro atoms. The Hall–Kier alpha value is -2.38. The average Bonchev–Trinajstić information content (AvgIpc) is 2.76. The number of rotatable bonds is 8. The van der Waals surface area contributed by atoms with E-state index in [9.17, 15) is 13.2 Å². The molecule has 0 saturated carbocycles. The number of benzene rings is 2. The van der Waals surface area contributed by atoms with Crippen LogP contribution in [0.4, 0.5) is 5.69 Å². The largest absolute Gasteiger partial charge is 0.349 e. The van der Waals surface area contributed by atoms with Crippen LogP contribution in [0.2, 0.25) is 0 Å². The predicted molar refractivity (Wildman–Crippen MR) is 125 cm³/mol. The highest BCUT2D eigenvalue weighted by atomic mass is 32.2. The lowest BCUT2D eigenvalue weighted by Gasteiger charge is -2.32. The van der Waals surface area contributed by atoms with Crippen LogP contribution in [-0.4, -0.2) is 44.9 Å². The first-order valence-electron chi connectivity index (χ1n) is 11.0. The summed E-state index contributed by atoms with van der Waals surface area (Å²) in [5.74, 6) is -0.154. The van der Waals surface area contributed by atoms with Gasteiger partial charge in [0.25, 0.3) is 15.9 Å². The standard InChI is InChI=1S/C24H33N3O3S/c1-4-5-15-27-16-13-21(14-17-27)25-24(28)20-9-11-22(12-10-20)31(29,30)26-23-8-6-7-18(2)19(23)3/h6-12,21,26H,4-5,13-17H2,1-3H3,(H,25,28). The maximum Gasteiger partial charge on any atom is 0.261 e. The lowest BCUT2D eigenvalue weighted by Crippen LogP contribution is -2.44. The van der Waals surface area contributed by atoms with Gasteiger partial charge in [0.05, 0.1) is 10.6 Å². The molecule has 0 radical (unpaired) electrons. The molecule has 1 aliphatic heterocycles. The zero-order valence-electron chi connectivity index (χ0n) is 18.6. The average molecular weight is 444 g/mol. The van der Waals surface area contributed by atoms with Gasteiger partial charge in [-0.2, -0.15) is 0 Å². The molecule has 0 atom stereocenters. The Morgan fingerprint density at radius 1 is 1.06 bits per heavy atom. The topological polar surface area (TPSA) is 78.5 Å². The van der Waals surface area contributed by atoms with Crippen LogP contribution in [0.1, 0.15) is 54.1 Å².